The van der Waals surface area contributed by atoms with Gasteiger partial charge in [-0.25, -0.2) is 0 Å². The Bertz CT molecular complexity index is 623. The van der Waals surface area contributed by atoms with Crippen LogP contribution in [0.15, 0.2) is 48.5 Å². The van der Waals surface area contributed by atoms with Crippen molar-refractivity contribution in [2.75, 3.05) is 0 Å². The number of benzene rings is 2. The summed E-state index contributed by atoms with van der Waals surface area (Å²) in [5.74, 6) is 0.607. The van der Waals surface area contributed by atoms with E-state index in [1.165, 1.54) is 0 Å². The van der Waals surface area contributed by atoms with E-state index in [1.807, 2.05) is 36.4 Å². The average Bonchev–Trinajstić information content (AvgIpc) is 2.52. The van der Waals surface area contributed by atoms with E-state index in [2.05, 4.69) is 0 Å². The number of amidine groups is 1. The van der Waals surface area contributed by atoms with Gasteiger partial charge in [0.15, 0.2) is 0 Å². The van der Waals surface area contributed by atoms with Crippen LogP contribution in [0.4, 0.5) is 0 Å². The summed E-state index contributed by atoms with van der Waals surface area (Å²) < 4.78 is 0. The van der Waals surface area contributed by atoms with Gasteiger partial charge >= 0.3 is 0 Å². The molecule has 0 bridgehead atoms. The largest absolute Gasteiger partial charge is 0.508 e. The van der Waals surface area contributed by atoms with Gasteiger partial charge in [-0.05, 0) is 41.7 Å². The van der Waals surface area contributed by atoms with Crippen molar-refractivity contribution in [3.05, 3.63) is 65.2 Å². The predicted molar refractivity (Wildman–Crippen MR) is 88.1 cm³/mol. The molecule has 0 amide bonds. The maximum Gasteiger partial charge on any atom is 0.115 e. The molecule has 0 aromatic heterocycles. The molecule has 2 aromatic rings. The minimum absolute atomic E-state index is 0.0174. The minimum atomic E-state index is 0.0174. The second-order valence-corrected chi connectivity index (χ2v) is 5.46. The highest BCUT2D eigenvalue weighted by Crippen LogP contribution is 2.31. The molecule has 0 radical (unpaired) electrons. The fourth-order valence-electron chi connectivity index (χ4n) is 2.64. The summed E-state index contributed by atoms with van der Waals surface area (Å²) in [7, 11) is 0. The number of phenols is 1. The molecule has 22 heavy (non-hydrogen) atoms. The Balaban J connectivity index is 2.27. The monoisotopic (exact) mass is 298 g/mol. The summed E-state index contributed by atoms with van der Waals surface area (Å²) in [5.41, 5.74) is 8.55. The summed E-state index contributed by atoms with van der Waals surface area (Å²) >= 11 is 0. The molecule has 1 atom stereocenters. The SMILES string of the molecule is N=C(N)CCCC(c1ccc(O)cc1)c1cccc(CO)c1. The van der Waals surface area contributed by atoms with Crippen molar-refractivity contribution in [1.82, 2.24) is 0 Å². The summed E-state index contributed by atoms with van der Waals surface area (Å²) in [4.78, 5) is 0. The van der Waals surface area contributed by atoms with Crippen LogP contribution in [0, 0.1) is 5.41 Å². The Morgan fingerprint density at radius 2 is 1.82 bits per heavy atom. The number of aromatic hydroxyl groups is 1. The zero-order valence-corrected chi connectivity index (χ0v) is 12.5. The first-order valence-corrected chi connectivity index (χ1v) is 7.41. The van der Waals surface area contributed by atoms with Crippen molar-refractivity contribution in [3.63, 3.8) is 0 Å². The van der Waals surface area contributed by atoms with Crippen molar-refractivity contribution in [1.29, 1.82) is 5.41 Å². The van der Waals surface area contributed by atoms with Gasteiger partial charge in [0.05, 0.1) is 12.4 Å². The van der Waals surface area contributed by atoms with Gasteiger partial charge in [0.1, 0.15) is 5.75 Å². The molecule has 0 spiro atoms. The first-order valence-electron chi connectivity index (χ1n) is 7.41. The number of aliphatic hydroxyl groups excluding tert-OH is 1. The molecule has 0 heterocycles. The molecule has 2 rings (SSSR count). The molecule has 4 nitrogen and oxygen atoms in total. The fourth-order valence-corrected chi connectivity index (χ4v) is 2.64. The molecule has 0 aliphatic heterocycles. The van der Waals surface area contributed by atoms with Gasteiger partial charge in [-0.3, -0.25) is 5.41 Å². The number of phenolic OH excluding ortho intramolecular Hbond substituents is 1. The Hall–Kier alpha value is -2.33. The zero-order chi connectivity index (χ0) is 15.9. The number of hydrogen-bond acceptors (Lipinski definition) is 3. The van der Waals surface area contributed by atoms with E-state index in [1.54, 1.807) is 12.1 Å². The van der Waals surface area contributed by atoms with Crippen molar-refractivity contribution in [2.45, 2.75) is 31.8 Å². The van der Waals surface area contributed by atoms with E-state index in [-0.39, 0.29) is 24.1 Å². The van der Waals surface area contributed by atoms with Crippen LogP contribution >= 0.6 is 0 Å². The highest BCUT2D eigenvalue weighted by Gasteiger charge is 2.14. The van der Waals surface area contributed by atoms with Crippen LogP contribution in [0.2, 0.25) is 0 Å². The molecular weight excluding hydrogens is 276 g/mol. The van der Waals surface area contributed by atoms with E-state index in [4.69, 9.17) is 11.1 Å². The van der Waals surface area contributed by atoms with E-state index in [0.717, 1.165) is 29.5 Å². The van der Waals surface area contributed by atoms with Gasteiger partial charge in [-0.2, -0.15) is 0 Å². The summed E-state index contributed by atoms with van der Waals surface area (Å²) in [6.07, 6.45) is 2.26. The Morgan fingerprint density at radius 3 is 2.45 bits per heavy atom. The van der Waals surface area contributed by atoms with Crippen LogP contribution in [0.25, 0.3) is 0 Å². The standard InChI is InChI=1S/C18H22N2O2/c19-18(20)6-2-5-17(14-7-9-16(22)10-8-14)15-4-1-3-13(11-15)12-21/h1,3-4,7-11,17,21-22H,2,5-6,12H2,(H3,19,20). The molecule has 4 heteroatoms. The number of rotatable bonds is 7. The fraction of sp³-hybridized carbons (Fsp3) is 0.278. The number of nitrogens with one attached hydrogen (secondary N) is 1. The van der Waals surface area contributed by atoms with Crippen LogP contribution in [0.1, 0.15) is 41.9 Å². The van der Waals surface area contributed by atoms with Gasteiger partial charge in [0.25, 0.3) is 0 Å². The molecule has 0 aliphatic carbocycles. The van der Waals surface area contributed by atoms with Crippen LogP contribution in [0.5, 0.6) is 5.75 Å². The number of nitrogens with two attached hydrogens (primary N) is 1. The topological polar surface area (TPSA) is 90.3 Å². The van der Waals surface area contributed by atoms with Crippen molar-refractivity contribution < 1.29 is 10.2 Å². The van der Waals surface area contributed by atoms with Crippen LogP contribution in [-0.2, 0) is 6.61 Å². The lowest BCUT2D eigenvalue weighted by Crippen LogP contribution is -2.10. The lowest BCUT2D eigenvalue weighted by Gasteiger charge is -2.19. The van der Waals surface area contributed by atoms with Gasteiger partial charge in [-0.15, -0.1) is 0 Å². The van der Waals surface area contributed by atoms with Crippen LogP contribution in [-0.4, -0.2) is 16.0 Å². The van der Waals surface area contributed by atoms with Gasteiger partial charge in [0.2, 0.25) is 0 Å². The second kappa shape index (κ2) is 7.61. The van der Waals surface area contributed by atoms with Crippen molar-refractivity contribution in [2.24, 2.45) is 5.73 Å². The van der Waals surface area contributed by atoms with Gasteiger partial charge < -0.3 is 15.9 Å². The average molecular weight is 298 g/mol. The number of aliphatic hydroxyl groups is 1. The molecule has 0 saturated carbocycles. The molecule has 116 valence electrons. The van der Waals surface area contributed by atoms with E-state index in [9.17, 15) is 10.2 Å². The molecule has 0 fully saturated rings. The summed E-state index contributed by atoms with van der Waals surface area (Å²) in [5, 5.41) is 26.1. The quantitative estimate of drug-likeness (QED) is 0.467. The molecule has 1 unspecified atom stereocenters. The third-order valence-electron chi connectivity index (χ3n) is 3.77. The molecule has 2 aromatic carbocycles. The maximum absolute atomic E-state index is 9.46. The van der Waals surface area contributed by atoms with Crippen molar-refractivity contribution >= 4 is 5.84 Å². The third kappa shape index (κ3) is 4.33. The molecular formula is C18H22N2O2. The second-order valence-electron chi connectivity index (χ2n) is 5.46. The smallest absolute Gasteiger partial charge is 0.115 e. The minimum Gasteiger partial charge on any atom is -0.508 e. The summed E-state index contributed by atoms with van der Waals surface area (Å²) in [6.45, 7) is 0.0174. The highest BCUT2D eigenvalue weighted by molar-refractivity contribution is 5.76. The van der Waals surface area contributed by atoms with Gasteiger partial charge in [0, 0.05) is 12.3 Å². The van der Waals surface area contributed by atoms with E-state index in [0.29, 0.717) is 6.42 Å². The van der Waals surface area contributed by atoms with Crippen LogP contribution in [0.3, 0.4) is 0 Å². The third-order valence-corrected chi connectivity index (χ3v) is 3.77. The highest BCUT2D eigenvalue weighted by atomic mass is 16.3. The first kappa shape index (κ1) is 16.0. The Labute approximate surface area is 130 Å². The van der Waals surface area contributed by atoms with Crippen molar-refractivity contribution in [3.8, 4) is 5.75 Å². The lowest BCUT2D eigenvalue weighted by atomic mass is 9.86. The van der Waals surface area contributed by atoms with Gasteiger partial charge in [-0.1, -0.05) is 36.4 Å². The molecule has 0 aliphatic rings. The van der Waals surface area contributed by atoms with Crippen LogP contribution < -0.4 is 5.73 Å². The predicted octanol–water partition coefficient (Wildman–Crippen LogP) is 3.12. The van der Waals surface area contributed by atoms with E-state index < -0.39 is 0 Å². The first-order chi connectivity index (χ1) is 10.6. The number of hydrogen-bond donors (Lipinski definition) is 4. The van der Waals surface area contributed by atoms with E-state index >= 15 is 0 Å². The zero-order valence-electron chi connectivity index (χ0n) is 12.5. The Morgan fingerprint density at radius 1 is 1.09 bits per heavy atom. The summed E-state index contributed by atoms with van der Waals surface area (Å²) in [6, 6.07) is 15.1. The maximum atomic E-state index is 9.46. The lowest BCUT2D eigenvalue weighted by molar-refractivity contribution is 0.281. The molecule has 0 saturated heterocycles. The molecule has 5 N–H and O–H groups in total. The Kier molecular flexibility index (Phi) is 5.55. The normalized spacial score (nSPS) is 12.0.